The van der Waals surface area contributed by atoms with Gasteiger partial charge in [-0.1, -0.05) is 58.0 Å². The Hall–Kier alpha value is -1.64. The summed E-state index contributed by atoms with van der Waals surface area (Å²) >= 11 is 0. The van der Waals surface area contributed by atoms with Crippen molar-refractivity contribution in [3.63, 3.8) is 0 Å². The molecule has 2 rings (SSSR count). The van der Waals surface area contributed by atoms with E-state index >= 15 is 0 Å². The summed E-state index contributed by atoms with van der Waals surface area (Å²) in [4.78, 5) is 4.49. The van der Waals surface area contributed by atoms with Gasteiger partial charge in [0.25, 0.3) is 0 Å². The lowest BCUT2D eigenvalue weighted by Gasteiger charge is -2.10. The maximum atomic E-state index is 5.34. The molecule has 19 heavy (non-hydrogen) atoms. The Morgan fingerprint density at radius 3 is 2.53 bits per heavy atom. The minimum atomic E-state index is -0.110. The molecule has 0 aliphatic carbocycles. The van der Waals surface area contributed by atoms with E-state index < -0.39 is 0 Å². The van der Waals surface area contributed by atoms with E-state index in [0.29, 0.717) is 17.6 Å². The van der Waals surface area contributed by atoms with E-state index in [1.807, 2.05) is 6.07 Å². The van der Waals surface area contributed by atoms with Crippen molar-refractivity contribution in [2.45, 2.75) is 46.5 Å². The van der Waals surface area contributed by atoms with Crippen LogP contribution in [0.2, 0.25) is 0 Å². The highest BCUT2D eigenvalue weighted by Gasteiger charge is 2.22. The number of rotatable bonds is 3. The van der Waals surface area contributed by atoms with Gasteiger partial charge in [-0.05, 0) is 24.0 Å². The molecule has 0 spiro atoms. The molecule has 3 nitrogen and oxygen atoms in total. The van der Waals surface area contributed by atoms with Crippen LogP contribution in [0.1, 0.15) is 46.1 Å². The number of hydrogen-bond donors (Lipinski definition) is 0. The second-order valence-corrected chi connectivity index (χ2v) is 6.47. The SMILES string of the molecule is CC(C)Cc1cccc(-c2noc(C(C)(C)C)n2)c1. The number of benzene rings is 1. The van der Waals surface area contributed by atoms with Gasteiger partial charge in [-0.15, -0.1) is 0 Å². The Morgan fingerprint density at radius 1 is 1.21 bits per heavy atom. The molecular formula is C16H22N2O. The Labute approximate surface area is 115 Å². The molecule has 0 fully saturated rings. The molecule has 0 radical (unpaired) electrons. The van der Waals surface area contributed by atoms with Gasteiger partial charge < -0.3 is 4.52 Å². The van der Waals surface area contributed by atoms with Gasteiger partial charge in [0.1, 0.15) is 0 Å². The summed E-state index contributed by atoms with van der Waals surface area (Å²) < 4.78 is 5.34. The largest absolute Gasteiger partial charge is 0.338 e. The average Bonchev–Trinajstić information content (AvgIpc) is 2.77. The zero-order valence-corrected chi connectivity index (χ0v) is 12.4. The van der Waals surface area contributed by atoms with Crippen LogP contribution in [0, 0.1) is 5.92 Å². The minimum Gasteiger partial charge on any atom is -0.338 e. The molecule has 102 valence electrons. The van der Waals surface area contributed by atoms with Crippen LogP contribution in [-0.4, -0.2) is 10.1 Å². The number of nitrogens with zero attached hydrogens (tertiary/aromatic N) is 2. The Morgan fingerprint density at radius 2 is 1.95 bits per heavy atom. The summed E-state index contributed by atoms with van der Waals surface area (Å²) in [5, 5.41) is 4.09. The molecule has 0 saturated heterocycles. The standard InChI is InChI=1S/C16H22N2O/c1-11(2)9-12-7-6-8-13(10-12)14-17-15(19-18-14)16(3,4)5/h6-8,10-11H,9H2,1-5H3. The third kappa shape index (κ3) is 3.43. The van der Waals surface area contributed by atoms with Crippen LogP contribution in [0.4, 0.5) is 0 Å². The number of hydrogen-bond acceptors (Lipinski definition) is 3. The summed E-state index contributed by atoms with van der Waals surface area (Å²) in [5.74, 6) is 2.00. The van der Waals surface area contributed by atoms with Crippen LogP contribution < -0.4 is 0 Å². The first-order valence-corrected chi connectivity index (χ1v) is 6.80. The molecule has 1 aromatic carbocycles. The third-order valence-electron chi connectivity index (χ3n) is 2.90. The molecule has 1 aromatic heterocycles. The lowest BCUT2D eigenvalue weighted by molar-refractivity contribution is 0.321. The molecule has 3 heteroatoms. The van der Waals surface area contributed by atoms with Crippen LogP contribution in [0.25, 0.3) is 11.4 Å². The van der Waals surface area contributed by atoms with Crippen LogP contribution >= 0.6 is 0 Å². The first-order chi connectivity index (χ1) is 8.86. The van der Waals surface area contributed by atoms with E-state index in [-0.39, 0.29) is 5.41 Å². The number of aromatic nitrogens is 2. The highest BCUT2D eigenvalue weighted by Crippen LogP contribution is 2.24. The average molecular weight is 258 g/mol. The van der Waals surface area contributed by atoms with Crippen LogP contribution in [0.15, 0.2) is 28.8 Å². The lowest BCUT2D eigenvalue weighted by atomic mass is 9.97. The molecule has 0 saturated carbocycles. The second-order valence-electron chi connectivity index (χ2n) is 6.47. The van der Waals surface area contributed by atoms with Crippen molar-refractivity contribution in [3.05, 3.63) is 35.7 Å². The van der Waals surface area contributed by atoms with Crippen molar-refractivity contribution in [2.24, 2.45) is 5.92 Å². The van der Waals surface area contributed by atoms with E-state index in [1.165, 1.54) is 5.56 Å². The van der Waals surface area contributed by atoms with Gasteiger partial charge in [0.15, 0.2) is 0 Å². The molecule has 0 bridgehead atoms. The summed E-state index contributed by atoms with van der Waals surface area (Å²) in [6, 6.07) is 8.38. The van der Waals surface area contributed by atoms with Crippen molar-refractivity contribution >= 4 is 0 Å². The smallest absolute Gasteiger partial charge is 0.232 e. The molecule has 0 unspecified atom stereocenters. The van der Waals surface area contributed by atoms with Gasteiger partial charge in [0, 0.05) is 11.0 Å². The van der Waals surface area contributed by atoms with E-state index in [4.69, 9.17) is 4.52 Å². The predicted molar refractivity (Wildman–Crippen MR) is 77.0 cm³/mol. The van der Waals surface area contributed by atoms with Gasteiger partial charge in [-0.25, -0.2) is 0 Å². The van der Waals surface area contributed by atoms with Gasteiger partial charge in [-0.2, -0.15) is 4.98 Å². The Bertz CT molecular complexity index is 550. The molecule has 2 aromatic rings. The molecule has 0 N–H and O–H groups in total. The molecule has 0 aliphatic heterocycles. The fourth-order valence-electron chi connectivity index (χ4n) is 1.95. The van der Waals surface area contributed by atoms with E-state index in [2.05, 4.69) is 63.0 Å². The summed E-state index contributed by atoms with van der Waals surface area (Å²) in [7, 11) is 0. The van der Waals surface area contributed by atoms with E-state index in [0.717, 1.165) is 12.0 Å². The topological polar surface area (TPSA) is 38.9 Å². The predicted octanol–water partition coefficient (Wildman–Crippen LogP) is 4.23. The van der Waals surface area contributed by atoms with E-state index in [9.17, 15) is 0 Å². The van der Waals surface area contributed by atoms with Gasteiger partial charge in [-0.3, -0.25) is 0 Å². The molecule has 0 aliphatic rings. The van der Waals surface area contributed by atoms with Gasteiger partial charge >= 0.3 is 0 Å². The van der Waals surface area contributed by atoms with Crippen molar-refractivity contribution in [1.29, 1.82) is 0 Å². The second kappa shape index (κ2) is 5.16. The first-order valence-electron chi connectivity index (χ1n) is 6.80. The zero-order chi connectivity index (χ0) is 14.0. The van der Waals surface area contributed by atoms with Crippen molar-refractivity contribution in [2.75, 3.05) is 0 Å². The summed E-state index contributed by atoms with van der Waals surface area (Å²) in [6.45, 7) is 10.6. The molecule has 0 atom stereocenters. The Kier molecular flexibility index (Phi) is 3.74. The van der Waals surface area contributed by atoms with Crippen LogP contribution in [-0.2, 0) is 11.8 Å². The third-order valence-corrected chi connectivity index (χ3v) is 2.90. The molecule has 0 amide bonds. The molecule has 1 heterocycles. The van der Waals surface area contributed by atoms with E-state index in [1.54, 1.807) is 0 Å². The van der Waals surface area contributed by atoms with Crippen LogP contribution in [0.3, 0.4) is 0 Å². The normalized spacial score (nSPS) is 12.1. The highest BCUT2D eigenvalue weighted by molar-refractivity contribution is 5.55. The minimum absolute atomic E-state index is 0.110. The fourth-order valence-corrected chi connectivity index (χ4v) is 1.95. The van der Waals surface area contributed by atoms with Crippen molar-refractivity contribution < 1.29 is 4.52 Å². The Balaban J connectivity index is 2.29. The highest BCUT2D eigenvalue weighted by atomic mass is 16.5. The van der Waals surface area contributed by atoms with Gasteiger partial charge in [0.05, 0.1) is 0 Å². The monoisotopic (exact) mass is 258 g/mol. The maximum Gasteiger partial charge on any atom is 0.232 e. The van der Waals surface area contributed by atoms with Crippen molar-refractivity contribution in [3.8, 4) is 11.4 Å². The van der Waals surface area contributed by atoms with Crippen LogP contribution in [0.5, 0.6) is 0 Å². The zero-order valence-electron chi connectivity index (χ0n) is 12.4. The fraction of sp³-hybridized carbons (Fsp3) is 0.500. The molecular weight excluding hydrogens is 236 g/mol. The van der Waals surface area contributed by atoms with Gasteiger partial charge in [0.2, 0.25) is 11.7 Å². The first kappa shape index (κ1) is 13.8. The summed E-state index contributed by atoms with van der Waals surface area (Å²) in [5.41, 5.74) is 2.23. The quantitative estimate of drug-likeness (QED) is 0.826. The van der Waals surface area contributed by atoms with Crippen molar-refractivity contribution in [1.82, 2.24) is 10.1 Å². The maximum absolute atomic E-state index is 5.34. The lowest BCUT2D eigenvalue weighted by Crippen LogP contribution is -2.11. The summed E-state index contributed by atoms with van der Waals surface area (Å²) in [6.07, 6.45) is 1.07.